The molecule has 0 atom stereocenters. The lowest BCUT2D eigenvalue weighted by Gasteiger charge is -1.85. The van der Waals surface area contributed by atoms with Gasteiger partial charge in [0.15, 0.2) is 10.7 Å². The predicted molar refractivity (Wildman–Crippen MR) is 50.5 cm³/mol. The van der Waals surface area contributed by atoms with E-state index < -0.39 is 10.7 Å². The fraction of sp³-hybridized carbons (Fsp3) is 0. The van der Waals surface area contributed by atoms with E-state index in [0.29, 0.717) is 0 Å². The monoisotopic (exact) mass is 214 g/mol. The van der Waals surface area contributed by atoms with Crippen molar-refractivity contribution in [2.45, 2.75) is 4.90 Å². The van der Waals surface area contributed by atoms with Crippen molar-refractivity contribution >= 4 is 22.2 Å². The average Bonchev–Trinajstić information content (AvgIpc) is 2.75. The molecule has 4 nitrogen and oxygen atoms in total. The molecule has 0 amide bonds. The van der Waals surface area contributed by atoms with Gasteiger partial charge in [0, 0.05) is 11.6 Å². The molecular weight excluding hydrogens is 208 g/mol. The summed E-state index contributed by atoms with van der Waals surface area (Å²) in [5.74, 6) is 0. The molecule has 0 radical (unpaired) electrons. The maximum absolute atomic E-state index is 10.6. The minimum absolute atomic E-state index is 0.290. The Labute approximate surface area is 80.4 Å². The standard InChI is InChI=1S/C7H6N2O2S2/c10-13(11)5-3-7(8-4-5)6-1-2-12-9-6/h1-4,8,13H. The molecule has 0 unspecified atom stereocenters. The molecule has 0 spiro atoms. The normalized spacial score (nSPS) is 10.8. The van der Waals surface area contributed by atoms with E-state index in [4.69, 9.17) is 0 Å². The molecule has 0 fully saturated rings. The van der Waals surface area contributed by atoms with Crippen LogP contribution in [0.3, 0.4) is 0 Å². The molecule has 0 aliphatic rings. The topological polar surface area (TPSA) is 62.8 Å². The largest absolute Gasteiger partial charge is 0.359 e. The smallest absolute Gasteiger partial charge is 0.169 e. The van der Waals surface area contributed by atoms with Crippen molar-refractivity contribution in [1.29, 1.82) is 0 Å². The number of hydrogen-bond acceptors (Lipinski definition) is 4. The Bertz CT molecular complexity index is 462. The first-order valence-corrected chi connectivity index (χ1v) is 5.52. The van der Waals surface area contributed by atoms with E-state index >= 15 is 0 Å². The molecule has 68 valence electrons. The van der Waals surface area contributed by atoms with Gasteiger partial charge in [-0.05, 0) is 23.7 Å². The Morgan fingerprint density at radius 2 is 2.31 bits per heavy atom. The van der Waals surface area contributed by atoms with Gasteiger partial charge in [0.25, 0.3) is 0 Å². The Hall–Kier alpha value is -1.14. The molecule has 0 bridgehead atoms. The van der Waals surface area contributed by atoms with Crippen molar-refractivity contribution in [2.24, 2.45) is 0 Å². The van der Waals surface area contributed by atoms with Crippen LogP contribution in [0.25, 0.3) is 11.4 Å². The second kappa shape index (κ2) is 3.31. The Balaban J connectivity index is 2.44. The van der Waals surface area contributed by atoms with Gasteiger partial charge in [-0.1, -0.05) is 0 Å². The average molecular weight is 214 g/mol. The summed E-state index contributed by atoms with van der Waals surface area (Å²) in [7, 11) is -2.51. The van der Waals surface area contributed by atoms with Gasteiger partial charge < -0.3 is 4.98 Å². The highest BCUT2D eigenvalue weighted by Gasteiger charge is 2.04. The summed E-state index contributed by atoms with van der Waals surface area (Å²) in [6.45, 7) is 0. The van der Waals surface area contributed by atoms with E-state index in [1.54, 1.807) is 6.07 Å². The summed E-state index contributed by atoms with van der Waals surface area (Å²) in [5, 5.41) is 1.84. The summed E-state index contributed by atoms with van der Waals surface area (Å²) in [5.41, 5.74) is 1.50. The maximum atomic E-state index is 10.6. The van der Waals surface area contributed by atoms with E-state index in [1.165, 1.54) is 17.7 Å². The molecule has 0 aliphatic heterocycles. The van der Waals surface area contributed by atoms with E-state index in [1.807, 2.05) is 11.4 Å². The highest BCUT2D eigenvalue weighted by atomic mass is 32.2. The first-order valence-electron chi connectivity index (χ1n) is 3.51. The molecule has 0 saturated heterocycles. The zero-order chi connectivity index (χ0) is 9.26. The van der Waals surface area contributed by atoms with E-state index in [2.05, 4.69) is 9.36 Å². The van der Waals surface area contributed by atoms with Crippen LogP contribution >= 0.6 is 11.5 Å². The van der Waals surface area contributed by atoms with Crippen LogP contribution in [0.4, 0.5) is 0 Å². The van der Waals surface area contributed by atoms with Crippen molar-refractivity contribution in [1.82, 2.24) is 9.36 Å². The lowest BCUT2D eigenvalue weighted by atomic mass is 10.3. The number of aromatic nitrogens is 2. The molecular formula is C7H6N2O2S2. The van der Waals surface area contributed by atoms with Crippen LogP contribution in [-0.4, -0.2) is 17.8 Å². The van der Waals surface area contributed by atoms with Gasteiger partial charge in [-0.15, -0.1) is 0 Å². The number of hydrogen-bond donors (Lipinski definition) is 2. The first kappa shape index (κ1) is 8.46. The van der Waals surface area contributed by atoms with Crippen molar-refractivity contribution in [2.75, 3.05) is 0 Å². The molecule has 1 N–H and O–H groups in total. The third-order valence-corrected chi connectivity index (χ3v) is 2.83. The number of aromatic amines is 1. The van der Waals surface area contributed by atoms with Gasteiger partial charge in [-0.2, -0.15) is 4.37 Å². The van der Waals surface area contributed by atoms with Gasteiger partial charge in [-0.25, -0.2) is 8.42 Å². The number of nitrogens with one attached hydrogen (secondary N) is 1. The van der Waals surface area contributed by atoms with Crippen LogP contribution in [0.15, 0.2) is 28.6 Å². The minimum atomic E-state index is -2.51. The Morgan fingerprint density at radius 3 is 2.85 bits per heavy atom. The Morgan fingerprint density at radius 1 is 1.46 bits per heavy atom. The quantitative estimate of drug-likeness (QED) is 0.736. The van der Waals surface area contributed by atoms with Gasteiger partial charge >= 0.3 is 0 Å². The van der Waals surface area contributed by atoms with Crippen molar-refractivity contribution < 1.29 is 8.42 Å². The summed E-state index contributed by atoms with van der Waals surface area (Å²) in [4.78, 5) is 3.14. The third kappa shape index (κ3) is 1.63. The summed E-state index contributed by atoms with van der Waals surface area (Å²) in [6, 6.07) is 3.40. The van der Waals surface area contributed by atoms with Crippen LogP contribution in [0.2, 0.25) is 0 Å². The first-order chi connectivity index (χ1) is 6.27. The van der Waals surface area contributed by atoms with E-state index in [9.17, 15) is 8.42 Å². The molecule has 2 heterocycles. The third-order valence-electron chi connectivity index (χ3n) is 1.59. The van der Waals surface area contributed by atoms with Gasteiger partial charge in [0.05, 0.1) is 10.6 Å². The lowest BCUT2D eigenvalue weighted by molar-refractivity contribution is 0.614. The Kier molecular flexibility index (Phi) is 2.15. The summed E-state index contributed by atoms with van der Waals surface area (Å²) >= 11 is 1.33. The van der Waals surface area contributed by atoms with Crippen LogP contribution in [0.5, 0.6) is 0 Å². The van der Waals surface area contributed by atoms with Crippen LogP contribution < -0.4 is 0 Å². The van der Waals surface area contributed by atoms with Crippen LogP contribution in [0.1, 0.15) is 0 Å². The molecule has 6 heteroatoms. The van der Waals surface area contributed by atoms with Gasteiger partial charge in [0.1, 0.15) is 5.69 Å². The lowest BCUT2D eigenvalue weighted by Crippen LogP contribution is -1.73. The summed E-state index contributed by atoms with van der Waals surface area (Å²) in [6.07, 6.45) is 1.46. The molecule has 2 rings (SSSR count). The molecule has 0 saturated carbocycles. The fourth-order valence-electron chi connectivity index (χ4n) is 0.988. The zero-order valence-electron chi connectivity index (χ0n) is 6.43. The minimum Gasteiger partial charge on any atom is -0.359 e. The molecule has 2 aromatic heterocycles. The number of thiol groups is 1. The van der Waals surface area contributed by atoms with Crippen molar-refractivity contribution in [3.05, 3.63) is 23.7 Å². The molecule has 2 aromatic rings. The van der Waals surface area contributed by atoms with Crippen molar-refractivity contribution in [3.63, 3.8) is 0 Å². The number of H-pyrrole nitrogens is 1. The second-order valence-corrected chi connectivity index (χ2v) is 4.11. The highest BCUT2D eigenvalue weighted by Crippen LogP contribution is 2.18. The van der Waals surface area contributed by atoms with Gasteiger partial charge in [-0.3, -0.25) is 0 Å². The van der Waals surface area contributed by atoms with E-state index in [0.717, 1.165) is 11.4 Å². The molecule has 13 heavy (non-hydrogen) atoms. The second-order valence-electron chi connectivity index (χ2n) is 2.41. The zero-order valence-corrected chi connectivity index (χ0v) is 8.14. The maximum Gasteiger partial charge on any atom is 0.169 e. The summed E-state index contributed by atoms with van der Waals surface area (Å²) < 4.78 is 25.2. The highest BCUT2D eigenvalue weighted by molar-refractivity contribution is 7.72. The van der Waals surface area contributed by atoms with Gasteiger partial charge in [0.2, 0.25) is 0 Å². The molecule has 0 aliphatic carbocycles. The van der Waals surface area contributed by atoms with Crippen LogP contribution in [0, 0.1) is 0 Å². The van der Waals surface area contributed by atoms with Crippen molar-refractivity contribution in [3.8, 4) is 11.4 Å². The predicted octanol–water partition coefficient (Wildman–Crippen LogP) is 1.11. The number of nitrogens with zero attached hydrogens (tertiary/aromatic N) is 1. The SMILES string of the molecule is O=[SH](=O)c1c[nH]c(-c2ccsn2)c1. The fourth-order valence-corrected chi connectivity index (χ4v) is 1.92. The van der Waals surface area contributed by atoms with Crippen LogP contribution in [-0.2, 0) is 10.7 Å². The van der Waals surface area contributed by atoms with E-state index in [-0.39, 0.29) is 4.90 Å². The number of rotatable bonds is 2. The molecule has 0 aromatic carbocycles.